The van der Waals surface area contributed by atoms with Gasteiger partial charge in [-0.15, -0.1) is 0 Å². The lowest BCUT2D eigenvalue weighted by atomic mass is 10.0. The molecule has 6 heteroatoms. The van der Waals surface area contributed by atoms with Crippen LogP contribution < -0.4 is 5.32 Å². The zero-order chi connectivity index (χ0) is 19.0. The van der Waals surface area contributed by atoms with Gasteiger partial charge in [0.1, 0.15) is 5.82 Å². The molecule has 0 bridgehead atoms. The number of methoxy groups -OCH3 is 1. The fraction of sp³-hybridized carbons (Fsp3) is 0.0952. The maximum Gasteiger partial charge on any atom is 0.340 e. The first kappa shape index (κ1) is 17.2. The van der Waals surface area contributed by atoms with Crippen LogP contribution in [0.2, 0.25) is 5.02 Å². The second-order valence-corrected chi connectivity index (χ2v) is 6.65. The van der Waals surface area contributed by atoms with Crippen molar-refractivity contribution in [3.8, 4) is 0 Å². The predicted molar refractivity (Wildman–Crippen MR) is 108 cm³/mol. The first-order valence-electron chi connectivity index (χ1n) is 8.36. The average molecular weight is 378 g/mol. The van der Waals surface area contributed by atoms with Crippen LogP contribution in [0.3, 0.4) is 0 Å². The van der Waals surface area contributed by atoms with E-state index in [2.05, 4.69) is 10.3 Å². The van der Waals surface area contributed by atoms with E-state index >= 15 is 0 Å². The number of nitrogens with one attached hydrogen (secondary N) is 1. The molecule has 27 heavy (non-hydrogen) atoms. The summed E-state index contributed by atoms with van der Waals surface area (Å²) in [6.45, 7) is 2.03. The molecule has 0 aliphatic heterocycles. The number of aromatic nitrogens is 2. The summed E-state index contributed by atoms with van der Waals surface area (Å²) in [5.74, 6) is 0.156. The van der Waals surface area contributed by atoms with E-state index in [1.165, 1.54) is 18.9 Å². The molecular weight excluding hydrogens is 362 g/mol. The summed E-state index contributed by atoms with van der Waals surface area (Å²) in [7, 11) is 1.35. The van der Waals surface area contributed by atoms with E-state index in [1.54, 1.807) is 18.3 Å². The maximum atomic E-state index is 12.3. The van der Waals surface area contributed by atoms with E-state index < -0.39 is 5.97 Å². The van der Waals surface area contributed by atoms with Gasteiger partial charge in [-0.05, 0) is 37.3 Å². The summed E-state index contributed by atoms with van der Waals surface area (Å²) in [5, 5.41) is 6.09. The van der Waals surface area contributed by atoms with E-state index in [0.29, 0.717) is 27.2 Å². The standard InChI is InChI=1S/C21H16ClN3O2/c1-12-3-6-14(7-4-12)24-20-16-10-23-11-17(21(26)27-2)19(16)15-9-13(22)5-8-18(15)25-20/h3-11H,1-2H3,(H,24,25). The molecule has 0 fully saturated rings. The van der Waals surface area contributed by atoms with Crippen molar-refractivity contribution in [3.05, 3.63) is 71.0 Å². The summed E-state index contributed by atoms with van der Waals surface area (Å²) < 4.78 is 4.94. The Morgan fingerprint density at radius 1 is 1.07 bits per heavy atom. The Labute approximate surface area is 161 Å². The molecule has 0 saturated carbocycles. The van der Waals surface area contributed by atoms with Gasteiger partial charge in [-0.25, -0.2) is 9.78 Å². The summed E-state index contributed by atoms with van der Waals surface area (Å²) in [5.41, 5.74) is 3.15. The molecule has 0 radical (unpaired) electrons. The number of halogens is 1. The van der Waals surface area contributed by atoms with Crippen molar-refractivity contribution in [2.75, 3.05) is 12.4 Å². The third-order valence-corrected chi connectivity index (χ3v) is 4.62. The van der Waals surface area contributed by atoms with Crippen LogP contribution in [0.15, 0.2) is 54.9 Å². The number of esters is 1. The zero-order valence-electron chi connectivity index (χ0n) is 14.8. The normalized spacial score (nSPS) is 10.9. The van der Waals surface area contributed by atoms with Gasteiger partial charge < -0.3 is 10.1 Å². The van der Waals surface area contributed by atoms with Crippen LogP contribution in [0.25, 0.3) is 21.7 Å². The molecular formula is C21H16ClN3O2. The van der Waals surface area contributed by atoms with Crippen molar-refractivity contribution < 1.29 is 9.53 Å². The molecule has 2 aromatic heterocycles. The second-order valence-electron chi connectivity index (χ2n) is 6.21. The Balaban J connectivity index is 2.02. The number of carbonyl (C=O) groups is 1. The van der Waals surface area contributed by atoms with E-state index in [0.717, 1.165) is 16.6 Å². The number of anilines is 2. The highest BCUT2D eigenvalue weighted by molar-refractivity contribution is 6.32. The number of nitrogens with zero attached hydrogens (tertiary/aromatic N) is 2. The third kappa shape index (κ3) is 3.17. The maximum absolute atomic E-state index is 12.3. The molecule has 1 N–H and O–H groups in total. The molecule has 4 rings (SSSR count). The Hall–Kier alpha value is -3.18. The highest BCUT2D eigenvalue weighted by Gasteiger charge is 2.17. The van der Waals surface area contributed by atoms with Gasteiger partial charge >= 0.3 is 5.97 Å². The summed E-state index contributed by atoms with van der Waals surface area (Å²) in [6.07, 6.45) is 3.19. The lowest BCUT2D eigenvalue weighted by molar-refractivity contribution is 0.0602. The van der Waals surface area contributed by atoms with Gasteiger partial charge in [0, 0.05) is 39.3 Å². The van der Waals surface area contributed by atoms with Crippen LogP contribution in [-0.4, -0.2) is 23.0 Å². The van der Waals surface area contributed by atoms with Crippen LogP contribution in [-0.2, 0) is 4.74 Å². The fourth-order valence-corrected chi connectivity index (χ4v) is 3.22. The minimum absolute atomic E-state index is 0.372. The van der Waals surface area contributed by atoms with Gasteiger partial charge in [0.25, 0.3) is 0 Å². The fourth-order valence-electron chi connectivity index (χ4n) is 3.05. The molecule has 134 valence electrons. The smallest absolute Gasteiger partial charge is 0.340 e. The highest BCUT2D eigenvalue weighted by atomic mass is 35.5. The quantitative estimate of drug-likeness (QED) is 0.389. The molecule has 2 heterocycles. The molecule has 0 aliphatic carbocycles. The predicted octanol–water partition coefficient (Wildman–Crippen LogP) is 5.28. The van der Waals surface area contributed by atoms with Gasteiger partial charge in [0.2, 0.25) is 0 Å². The Morgan fingerprint density at radius 3 is 2.59 bits per heavy atom. The average Bonchev–Trinajstić information content (AvgIpc) is 2.69. The van der Waals surface area contributed by atoms with Gasteiger partial charge in [-0.3, -0.25) is 4.98 Å². The van der Waals surface area contributed by atoms with E-state index in [1.807, 2.05) is 37.3 Å². The van der Waals surface area contributed by atoms with Gasteiger partial charge in [-0.2, -0.15) is 0 Å². The topological polar surface area (TPSA) is 64.1 Å². The number of pyridine rings is 2. The largest absolute Gasteiger partial charge is 0.465 e. The number of carbonyl (C=O) groups excluding carboxylic acids is 1. The van der Waals surface area contributed by atoms with Crippen LogP contribution in [0.5, 0.6) is 0 Å². The number of fused-ring (bicyclic) bond motifs is 3. The van der Waals surface area contributed by atoms with Crippen molar-refractivity contribution in [1.82, 2.24) is 9.97 Å². The lowest BCUT2D eigenvalue weighted by Crippen LogP contribution is -2.05. The van der Waals surface area contributed by atoms with E-state index in [-0.39, 0.29) is 0 Å². The lowest BCUT2D eigenvalue weighted by Gasteiger charge is -2.14. The molecule has 0 amide bonds. The van der Waals surface area contributed by atoms with Crippen LogP contribution in [0.4, 0.5) is 11.5 Å². The SMILES string of the molecule is COC(=O)c1cncc2c(Nc3ccc(C)cc3)nc3ccc(Cl)cc3c12. The van der Waals surface area contributed by atoms with Crippen molar-refractivity contribution in [3.63, 3.8) is 0 Å². The Kier molecular flexibility index (Phi) is 4.38. The summed E-state index contributed by atoms with van der Waals surface area (Å²) >= 11 is 6.19. The molecule has 0 unspecified atom stereocenters. The van der Waals surface area contributed by atoms with Gasteiger partial charge in [0.15, 0.2) is 0 Å². The van der Waals surface area contributed by atoms with Crippen molar-refractivity contribution in [2.24, 2.45) is 0 Å². The molecule has 0 saturated heterocycles. The number of ether oxygens (including phenoxy) is 1. The molecule has 0 spiro atoms. The molecule has 0 atom stereocenters. The zero-order valence-corrected chi connectivity index (χ0v) is 15.5. The monoisotopic (exact) mass is 377 g/mol. The second kappa shape index (κ2) is 6.85. The number of hydrogen-bond donors (Lipinski definition) is 1. The molecule has 0 aliphatic rings. The van der Waals surface area contributed by atoms with E-state index in [9.17, 15) is 4.79 Å². The number of benzene rings is 2. The van der Waals surface area contributed by atoms with Crippen molar-refractivity contribution in [2.45, 2.75) is 6.92 Å². The number of hydrogen-bond acceptors (Lipinski definition) is 5. The minimum atomic E-state index is -0.457. The number of rotatable bonds is 3. The van der Waals surface area contributed by atoms with Crippen LogP contribution in [0.1, 0.15) is 15.9 Å². The minimum Gasteiger partial charge on any atom is -0.465 e. The van der Waals surface area contributed by atoms with Crippen LogP contribution >= 0.6 is 11.6 Å². The van der Waals surface area contributed by atoms with Crippen molar-refractivity contribution in [1.29, 1.82) is 0 Å². The molecule has 5 nitrogen and oxygen atoms in total. The highest BCUT2D eigenvalue weighted by Crippen LogP contribution is 2.34. The summed E-state index contributed by atoms with van der Waals surface area (Å²) in [4.78, 5) is 21.3. The molecule has 4 aromatic rings. The third-order valence-electron chi connectivity index (χ3n) is 4.38. The first-order valence-corrected chi connectivity index (χ1v) is 8.73. The summed E-state index contributed by atoms with van der Waals surface area (Å²) in [6, 6.07) is 13.4. The Bertz CT molecular complexity index is 1170. The number of aryl methyl sites for hydroxylation is 1. The first-order chi connectivity index (χ1) is 13.1. The Morgan fingerprint density at radius 2 is 1.85 bits per heavy atom. The molecule has 2 aromatic carbocycles. The van der Waals surface area contributed by atoms with Crippen LogP contribution in [0, 0.1) is 6.92 Å². The van der Waals surface area contributed by atoms with Gasteiger partial charge in [0.05, 0.1) is 18.2 Å². The van der Waals surface area contributed by atoms with Gasteiger partial charge in [-0.1, -0.05) is 29.3 Å². The van der Waals surface area contributed by atoms with Crippen molar-refractivity contribution >= 4 is 50.8 Å². The van der Waals surface area contributed by atoms with E-state index in [4.69, 9.17) is 21.3 Å².